The van der Waals surface area contributed by atoms with Crippen LogP contribution < -0.4 is 5.32 Å². The number of ether oxygens (including phenoxy) is 1. The van der Waals surface area contributed by atoms with Crippen molar-refractivity contribution in [3.8, 4) is 0 Å². The van der Waals surface area contributed by atoms with Crippen molar-refractivity contribution < 1.29 is 4.74 Å². The first kappa shape index (κ1) is 9.66. The van der Waals surface area contributed by atoms with Crippen LogP contribution in [0.5, 0.6) is 0 Å². The predicted octanol–water partition coefficient (Wildman–Crippen LogP) is 1.19. The minimum absolute atomic E-state index is 0.707. The molecule has 0 aromatic rings. The predicted molar refractivity (Wildman–Crippen MR) is 44.2 cm³/mol. The van der Waals surface area contributed by atoms with Gasteiger partial charge in [0.1, 0.15) is 0 Å². The Morgan fingerprint density at radius 2 is 2.30 bits per heavy atom. The summed E-state index contributed by atoms with van der Waals surface area (Å²) in [6.07, 6.45) is 1.01. The van der Waals surface area contributed by atoms with E-state index < -0.39 is 0 Å². The second kappa shape index (κ2) is 6.78. The lowest BCUT2D eigenvalue weighted by Gasteiger charge is -2.03. The highest BCUT2D eigenvalue weighted by molar-refractivity contribution is 4.92. The summed E-state index contributed by atoms with van der Waals surface area (Å²) in [5, 5.41) is 3.00. The second-order valence-corrected chi connectivity index (χ2v) is 2.26. The number of hydrogen-bond donors (Lipinski definition) is 1. The molecule has 1 N–H and O–H groups in total. The summed E-state index contributed by atoms with van der Waals surface area (Å²) in [5.41, 5.74) is 1.16. The fraction of sp³-hybridized carbons (Fsp3) is 0.750. The van der Waals surface area contributed by atoms with E-state index >= 15 is 0 Å². The highest BCUT2D eigenvalue weighted by Gasteiger charge is 1.89. The van der Waals surface area contributed by atoms with Crippen molar-refractivity contribution in [2.45, 2.75) is 13.3 Å². The summed E-state index contributed by atoms with van der Waals surface area (Å²) >= 11 is 0. The van der Waals surface area contributed by atoms with E-state index in [2.05, 4.69) is 18.8 Å². The van der Waals surface area contributed by atoms with Gasteiger partial charge in [0, 0.05) is 6.54 Å². The third kappa shape index (κ3) is 5.79. The van der Waals surface area contributed by atoms with Gasteiger partial charge in [0.15, 0.2) is 0 Å². The zero-order chi connectivity index (χ0) is 7.82. The van der Waals surface area contributed by atoms with E-state index in [1.807, 2.05) is 7.05 Å². The second-order valence-electron chi connectivity index (χ2n) is 2.26. The monoisotopic (exact) mass is 143 g/mol. The average molecular weight is 143 g/mol. The van der Waals surface area contributed by atoms with Crippen molar-refractivity contribution in [3.63, 3.8) is 0 Å². The van der Waals surface area contributed by atoms with Gasteiger partial charge in [-0.2, -0.15) is 0 Å². The average Bonchev–Trinajstić information content (AvgIpc) is 1.98. The van der Waals surface area contributed by atoms with E-state index in [9.17, 15) is 0 Å². The van der Waals surface area contributed by atoms with E-state index in [0.29, 0.717) is 6.61 Å². The Morgan fingerprint density at radius 3 is 2.80 bits per heavy atom. The largest absolute Gasteiger partial charge is 0.376 e. The summed E-state index contributed by atoms with van der Waals surface area (Å²) in [7, 11) is 1.91. The molecule has 0 aromatic carbocycles. The molecule has 0 atom stereocenters. The van der Waals surface area contributed by atoms with Crippen LogP contribution in [-0.2, 0) is 4.74 Å². The maximum absolute atomic E-state index is 5.26. The topological polar surface area (TPSA) is 21.3 Å². The van der Waals surface area contributed by atoms with Crippen LogP contribution in [0.2, 0.25) is 0 Å². The van der Waals surface area contributed by atoms with Crippen molar-refractivity contribution in [3.05, 3.63) is 12.2 Å². The highest BCUT2D eigenvalue weighted by Crippen LogP contribution is 1.95. The lowest BCUT2D eigenvalue weighted by Crippen LogP contribution is -2.14. The van der Waals surface area contributed by atoms with Gasteiger partial charge in [0.2, 0.25) is 0 Å². The maximum Gasteiger partial charge on any atom is 0.0674 e. The molecule has 0 amide bonds. The molecule has 0 aromatic heterocycles. The third-order valence-electron chi connectivity index (χ3n) is 1.30. The van der Waals surface area contributed by atoms with E-state index in [4.69, 9.17) is 4.74 Å². The Kier molecular flexibility index (Phi) is 6.55. The van der Waals surface area contributed by atoms with Gasteiger partial charge in [-0.1, -0.05) is 19.1 Å². The van der Waals surface area contributed by atoms with Crippen LogP contribution >= 0.6 is 0 Å². The SMILES string of the molecule is C=C(CC)COCCNC. The fourth-order valence-corrected chi connectivity index (χ4v) is 0.493. The highest BCUT2D eigenvalue weighted by atomic mass is 16.5. The zero-order valence-corrected chi connectivity index (χ0v) is 6.94. The Bertz CT molecular complexity index is 91.3. The number of nitrogens with one attached hydrogen (secondary N) is 1. The molecule has 0 spiro atoms. The zero-order valence-electron chi connectivity index (χ0n) is 6.94. The lowest BCUT2D eigenvalue weighted by molar-refractivity contribution is 0.158. The Labute approximate surface area is 63.3 Å². The van der Waals surface area contributed by atoms with Crippen molar-refractivity contribution >= 4 is 0 Å². The van der Waals surface area contributed by atoms with Crippen LogP contribution in [0.4, 0.5) is 0 Å². The molecule has 0 aliphatic rings. The number of likely N-dealkylation sites (N-methyl/N-ethyl adjacent to an activating group) is 1. The molecule has 0 unspecified atom stereocenters. The molecule has 0 rings (SSSR count). The molecular weight excluding hydrogens is 126 g/mol. The molecule has 0 heterocycles. The van der Waals surface area contributed by atoms with Gasteiger partial charge in [-0.25, -0.2) is 0 Å². The van der Waals surface area contributed by atoms with Crippen LogP contribution in [0.1, 0.15) is 13.3 Å². The quantitative estimate of drug-likeness (QED) is 0.445. The summed E-state index contributed by atoms with van der Waals surface area (Å²) in [4.78, 5) is 0. The lowest BCUT2D eigenvalue weighted by atomic mass is 10.2. The minimum atomic E-state index is 0.707. The first-order chi connectivity index (χ1) is 4.81. The van der Waals surface area contributed by atoms with Crippen molar-refractivity contribution in [2.75, 3.05) is 26.8 Å². The molecule has 10 heavy (non-hydrogen) atoms. The summed E-state index contributed by atoms with van der Waals surface area (Å²) in [6, 6.07) is 0. The molecule has 2 heteroatoms. The summed E-state index contributed by atoms with van der Waals surface area (Å²) < 4.78 is 5.26. The van der Waals surface area contributed by atoms with Crippen LogP contribution in [0.15, 0.2) is 12.2 Å². The minimum Gasteiger partial charge on any atom is -0.376 e. The Morgan fingerprint density at radius 1 is 1.60 bits per heavy atom. The smallest absolute Gasteiger partial charge is 0.0674 e. The normalized spacial score (nSPS) is 9.80. The van der Waals surface area contributed by atoms with E-state index in [1.54, 1.807) is 0 Å². The van der Waals surface area contributed by atoms with E-state index in [1.165, 1.54) is 0 Å². The molecule has 0 bridgehead atoms. The molecule has 0 aliphatic carbocycles. The van der Waals surface area contributed by atoms with Gasteiger partial charge in [-0.05, 0) is 13.5 Å². The van der Waals surface area contributed by atoms with Crippen LogP contribution in [0.3, 0.4) is 0 Å². The first-order valence-electron chi connectivity index (χ1n) is 3.70. The Balaban J connectivity index is 2.96. The molecule has 0 radical (unpaired) electrons. The number of rotatable bonds is 6. The van der Waals surface area contributed by atoms with Crippen molar-refractivity contribution in [1.82, 2.24) is 5.32 Å². The molecule has 0 fully saturated rings. The maximum atomic E-state index is 5.26. The van der Waals surface area contributed by atoms with Gasteiger partial charge in [-0.3, -0.25) is 0 Å². The van der Waals surface area contributed by atoms with Gasteiger partial charge in [0.05, 0.1) is 13.2 Å². The molecule has 60 valence electrons. The molecule has 0 saturated carbocycles. The summed E-state index contributed by atoms with van der Waals surface area (Å²) in [5.74, 6) is 0. The number of hydrogen-bond acceptors (Lipinski definition) is 2. The van der Waals surface area contributed by atoms with E-state index in [-0.39, 0.29) is 0 Å². The fourth-order valence-electron chi connectivity index (χ4n) is 0.493. The van der Waals surface area contributed by atoms with Gasteiger partial charge in [-0.15, -0.1) is 0 Å². The summed E-state index contributed by atoms with van der Waals surface area (Å²) in [6.45, 7) is 8.31. The first-order valence-corrected chi connectivity index (χ1v) is 3.70. The Hall–Kier alpha value is -0.340. The van der Waals surface area contributed by atoms with Gasteiger partial charge >= 0.3 is 0 Å². The van der Waals surface area contributed by atoms with E-state index in [0.717, 1.165) is 25.1 Å². The van der Waals surface area contributed by atoms with Crippen molar-refractivity contribution in [1.29, 1.82) is 0 Å². The standard InChI is InChI=1S/C8H17NO/c1-4-8(2)7-10-6-5-9-3/h9H,2,4-7H2,1,3H3. The van der Waals surface area contributed by atoms with Crippen LogP contribution in [0.25, 0.3) is 0 Å². The third-order valence-corrected chi connectivity index (χ3v) is 1.30. The van der Waals surface area contributed by atoms with Gasteiger partial charge in [0.25, 0.3) is 0 Å². The van der Waals surface area contributed by atoms with Crippen LogP contribution in [-0.4, -0.2) is 26.8 Å². The molecule has 0 saturated heterocycles. The van der Waals surface area contributed by atoms with Gasteiger partial charge < -0.3 is 10.1 Å². The molecule has 0 aliphatic heterocycles. The molecule has 2 nitrogen and oxygen atoms in total. The molecular formula is C8H17NO. The van der Waals surface area contributed by atoms with Crippen molar-refractivity contribution in [2.24, 2.45) is 0 Å². The van der Waals surface area contributed by atoms with Crippen LogP contribution in [0, 0.1) is 0 Å².